The number of nitrogen functional groups attached to an aromatic ring is 1. The van der Waals surface area contributed by atoms with Crippen LogP contribution in [0.5, 0.6) is 11.5 Å². The first-order valence-electron chi connectivity index (χ1n) is 10.9. The molecule has 31 heavy (non-hydrogen) atoms. The SMILES string of the molecule is Nc1ccc(C2CCN(C(=O)c3ccc(Oc4ccc(C5CC5)cc4)cc3)CC2)nn1. The lowest BCUT2D eigenvalue weighted by Crippen LogP contribution is -2.38. The third-order valence-corrected chi connectivity index (χ3v) is 6.17. The van der Waals surface area contributed by atoms with Crippen molar-refractivity contribution in [3.8, 4) is 11.5 Å². The second kappa shape index (κ2) is 8.38. The number of amides is 1. The fraction of sp³-hybridized carbons (Fsp3) is 0.320. The van der Waals surface area contributed by atoms with Crippen molar-refractivity contribution >= 4 is 11.7 Å². The number of likely N-dealkylation sites (tertiary alicyclic amines) is 1. The Bertz CT molecular complexity index is 1040. The molecule has 3 aromatic rings. The summed E-state index contributed by atoms with van der Waals surface area (Å²) in [5.41, 5.74) is 8.64. The summed E-state index contributed by atoms with van der Waals surface area (Å²) in [5.74, 6) is 3.09. The van der Waals surface area contributed by atoms with E-state index in [0.717, 1.165) is 36.0 Å². The highest BCUT2D eigenvalue weighted by Crippen LogP contribution is 2.40. The minimum Gasteiger partial charge on any atom is -0.457 e. The van der Waals surface area contributed by atoms with Crippen LogP contribution in [-0.4, -0.2) is 34.1 Å². The fourth-order valence-electron chi connectivity index (χ4n) is 4.16. The number of anilines is 1. The maximum Gasteiger partial charge on any atom is 0.253 e. The number of nitrogens with zero attached hydrogens (tertiary/aromatic N) is 3. The maximum absolute atomic E-state index is 12.9. The van der Waals surface area contributed by atoms with Gasteiger partial charge in [0.1, 0.15) is 17.3 Å². The summed E-state index contributed by atoms with van der Waals surface area (Å²) in [5, 5.41) is 8.14. The summed E-state index contributed by atoms with van der Waals surface area (Å²) in [6.07, 6.45) is 4.34. The van der Waals surface area contributed by atoms with Gasteiger partial charge in [0.05, 0.1) is 5.69 Å². The highest BCUT2D eigenvalue weighted by atomic mass is 16.5. The van der Waals surface area contributed by atoms with Crippen LogP contribution in [-0.2, 0) is 0 Å². The van der Waals surface area contributed by atoms with Gasteiger partial charge >= 0.3 is 0 Å². The number of nitrogens with two attached hydrogens (primary N) is 1. The van der Waals surface area contributed by atoms with Crippen LogP contribution in [0.4, 0.5) is 5.82 Å². The van der Waals surface area contributed by atoms with Gasteiger partial charge in [0.2, 0.25) is 0 Å². The van der Waals surface area contributed by atoms with Gasteiger partial charge in [-0.2, -0.15) is 5.10 Å². The van der Waals surface area contributed by atoms with Gasteiger partial charge in [0, 0.05) is 24.6 Å². The summed E-state index contributed by atoms with van der Waals surface area (Å²) in [6.45, 7) is 1.42. The minimum absolute atomic E-state index is 0.0576. The second-order valence-electron chi connectivity index (χ2n) is 8.42. The molecule has 1 amide bonds. The number of piperidine rings is 1. The summed E-state index contributed by atoms with van der Waals surface area (Å²) in [6, 6.07) is 19.4. The molecule has 1 aliphatic heterocycles. The Morgan fingerprint density at radius 2 is 1.45 bits per heavy atom. The molecule has 1 saturated heterocycles. The van der Waals surface area contributed by atoms with Crippen molar-refractivity contribution < 1.29 is 9.53 Å². The Labute approximate surface area is 182 Å². The number of aromatic nitrogens is 2. The highest BCUT2D eigenvalue weighted by molar-refractivity contribution is 5.94. The van der Waals surface area contributed by atoms with E-state index in [0.29, 0.717) is 30.4 Å². The zero-order chi connectivity index (χ0) is 21.2. The molecule has 0 bridgehead atoms. The molecule has 0 radical (unpaired) electrons. The quantitative estimate of drug-likeness (QED) is 0.652. The number of benzene rings is 2. The van der Waals surface area contributed by atoms with Crippen molar-refractivity contribution in [3.63, 3.8) is 0 Å². The molecule has 158 valence electrons. The van der Waals surface area contributed by atoms with Crippen LogP contribution in [0.15, 0.2) is 60.7 Å². The molecule has 0 atom stereocenters. The summed E-state index contributed by atoms with van der Waals surface area (Å²) in [7, 11) is 0. The van der Waals surface area contributed by atoms with Gasteiger partial charge in [-0.3, -0.25) is 4.79 Å². The minimum atomic E-state index is 0.0576. The Balaban J connectivity index is 1.17. The molecule has 1 aliphatic carbocycles. The largest absolute Gasteiger partial charge is 0.457 e. The zero-order valence-corrected chi connectivity index (χ0v) is 17.4. The van der Waals surface area contributed by atoms with E-state index in [1.165, 1.54) is 18.4 Å². The lowest BCUT2D eigenvalue weighted by atomic mass is 9.93. The standard InChI is InChI=1S/C25H26N4O2/c26-24-12-11-23(27-28-24)19-13-15-29(16-14-19)25(30)20-5-9-22(10-6-20)31-21-7-3-18(4-8-21)17-1-2-17/h3-12,17,19H,1-2,13-16H2,(H2,26,28). The molecule has 2 heterocycles. The molecule has 1 aromatic heterocycles. The van der Waals surface area contributed by atoms with Crippen LogP contribution in [0.2, 0.25) is 0 Å². The van der Waals surface area contributed by atoms with Crippen molar-refractivity contribution in [2.75, 3.05) is 18.8 Å². The van der Waals surface area contributed by atoms with E-state index in [1.807, 2.05) is 47.4 Å². The Kier molecular flexibility index (Phi) is 5.28. The van der Waals surface area contributed by atoms with E-state index in [9.17, 15) is 4.79 Å². The third kappa shape index (κ3) is 4.53. The van der Waals surface area contributed by atoms with E-state index in [1.54, 1.807) is 6.07 Å². The molecular weight excluding hydrogens is 388 g/mol. The lowest BCUT2D eigenvalue weighted by Gasteiger charge is -2.31. The molecule has 6 heteroatoms. The number of carbonyl (C=O) groups is 1. The van der Waals surface area contributed by atoms with Gasteiger partial charge in [-0.15, -0.1) is 5.10 Å². The van der Waals surface area contributed by atoms with Crippen molar-refractivity contribution in [2.45, 2.75) is 37.5 Å². The van der Waals surface area contributed by atoms with Crippen LogP contribution >= 0.6 is 0 Å². The summed E-state index contributed by atoms with van der Waals surface area (Å²) < 4.78 is 5.94. The predicted molar refractivity (Wildman–Crippen MR) is 119 cm³/mol. The number of ether oxygens (including phenoxy) is 1. The molecule has 0 spiro atoms. The molecule has 5 rings (SSSR count). The Hall–Kier alpha value is -3.41. The lowest BCUT2D eigenvalue weighted by molar-refractivity contribution is 0.0712. The molecule has 1 saturated carbocycles. The topological polar surface area (TPSA) is 81.3 Å². The molecule has 2 N–H and O–H groups in total. The van der Waals surface area contributed by atoms with E-state index >= 15 is 0 Å². The van der Waals surface area contributed by atoms with Crippen molar-refractivity contribution in [1.82, 2.24) is 15.1 Å². The normalized spacial score (nSPS) is 16.8. The van der Waals surface area contributed by atoms with Gasteiger partial charge in [0.25, 0.3) is 5.91 Å². The number of hydrogen-bond acceptors (Lipinski definition) is 5. The summed E-state index contributed by atoms with van der Waals surface area (Å²) in [4.78, 5) is 14.8. The molecule has 2 aliphatic rings. The molecular formula is C25H26N4O2. The Morgan fingerprint density at radius 1 is 0.806 bits per heavy atom. The van der Waals surface area contributed by atoms with E-state index in [4.69, 9.17) is 10.5 Å². The first-order valence-corrected chi connectivity index (χ1v) is 10.9. The molecule has 2 fully saturated rings. The van der Waals surface area contributed by atoms with Crippen LogP contribution in [0.1, 0.15) is 59.1 Å². The summed E-state index contributed by atoms with van der Waals surface area (Å²) >= 11 is 0. The van der Waals surface area contributed by atoms with Crippen LogP contribution in [0, 0.1) is 0 Å². The fourth-order valence-corrected chi connectivity index (χ4v) is 4.16. The van der Waals surface area contributed by atoms with E-state index in [2.05, 4.69) is 22.3 Å². The molecule has 2 aromatic carbocycles. The average molecular weight is 415 g/mol. The number of rotatable bonds is 5. The van der Waals surface area contributed by atoms with Crippen molar-refractivity contribution in [3.05, 3.63) is 77.5 Å². The van der Waals surface area contributed by atoms with Crippen molar-refractivity contribution in [2.24, 2.45) is 0 Å². The monoisotopic (exact) mass is 414 g/mol. The maximum atomic E-state index is 12.9. The van der Waals surface area contributed by atoms with Gasteiger partial charge in [0.15, 0.2) is 0 Å². The second-order valence-corrected chi connectivity index (χ2v) is 8.42. The first kappa shape index (κ1) is 19.5. The van der Waals surface area contributed by atoms with Crippen molar-refractivity contribution in [1.29, 1.82) is 0 Å². The average Bonchev–Trinajstić information content (AvgIpc) is 3.66. The Morgan fingerprint density at radius 3 is 2.03 bits per heavy atom. The molecule has 6 nitrogen and oxygen atoms in total. The van der Waals surface area contributed by atoms with Crippen LogP contribution < -0.4 is 10.5 Å². The van der Waals surface area contributed by atoms with E-state index in [-0.39, 0.29) is 5.91 Å². The van der Waals surface area contributed by atoms with Gasteiger partial charge < -0.3 is 15.4 Å². The predicted octanol–water partition coefficient (Wildman–Crippen LogP) is 4.75. The first-order chi connectivity index (χ1) is 15.2. The van der Waals surface area contributed by atoms with Gasteiger partial charge in [-0.25, -0.2) is 0 Å². The van der Waals surface area contributed by atoms with Gasteiger partial charge in [-0.05, 0) is 85.7 Å². The smallest absolute Gasteiger partial charge is 0.253 e. The zero-order valence-electron chi connectivity index (χ0n) is 17.4. The van der Waals surface area contributed by atoms with Crippen LogP contribution in [0.25, 0.3) is 0 Å². The molecule has 0 unspecified atom stereocenters. The number of carbonyl (C=O) groups excluding carboxylic acids is 1. The van der Waals surface area contributed by atoms with Gasteiger partial charge in [-0.1, -0.05) is 12.1 Å². The third-order valence-electron chi connectivity index (χ3n) is 6.17. The van der Waals surface area contributed by atoms with Crippen LogP contribution in [0.3, 0.4) is 0 Å². The number of hydrogen-bond donors (Lipinski definition) is 1. The highest BCUT2D eigenvalue weighted by Gasteiger charge is 2.26. The van der Waals surface area contributed by atoms with E-state index < -0.39 is 0 Å².